The molecule has 2 aromatic carbocycles. The molecule has 1 atom stereocenters. The van der Waals surface area contributed by atoms with Crippen LogP contribution in [0.4, 0.5) is 0 Å². The van der Waals surface area contributed by atoms with Crippen LogP contribution >= 0.6 is 23.2 Å². The molecule has 0 saturated heterocycles. The molecule has 23 heavy (non-hydrogen) atoms. The first-order chi connectivity index (χ1) is 11.0. The van der Waals surface area contributed by atoms with Crippen molar-refractivity contribution in [2.24, 2.45) is 0 Å². The molecule has 1 unspecified atom stereocenters. The van der Waals surface area contributed by atoms with Gasteiger partial charge >= 0.3 is 0 Å². The van der Waals surface area contributed by atoms with E-state index in [0.717, 1.165) is 11.1 Å². The number of amides is 1. The SMILES string of the molecule is CC(C(=O)NCc1ccccc1)N(C)Cc1cccc(Cl)c1Cl. The van der Waals surface area contributed by atoms with Gasteiger partial charge in [-0.05, 0) is 31.2 Å². The van der Waals surface area contributed by atoms with E-state index in [9.17, 15) is 4.79 Å². The molecule has 0 saturated carbocycles. The second-order valence-electron chi connectivity index (χ2n) is 5.51. The van der Waals surface area contributed by atoms with Crippen molar-refractivity contribution >= 4 is 29.1 Å². The first-order valence-corrected chi connectivity index (χ1v) is 8.19. The van der Waals surface area contributed by atoms with Crippen LogP contribution in [0.1, 0.15) is 18.1 Å². The van der Waals surface area contributed by atoms with Crippen molar-refractivity contribution in [3.63, 3.8) is 0 Å². The molecule has 0 aliphatic carbocycles. The first-order valence-electron chi connectivity index (χ1n) is 7.44. The topological polar surface area (TPSA) is 32.3 Å². The van der Waals surface area contributed by atoms with E-state index in [1.165, 1.54) is 0 Å². The fourth-order valence-electron chi connectivity index (χ4n) is 2.21. The average Bonchev–Trinajstić information content (AvgIpc) is 2.57. The van der Waals surface area contributed by atoms with E-state index in [2.05, 4.69) is 5.32 Å². The lowest BCUT2D eigenvalue weighted by Crippen LogP contribution is -2.42. The number of nitrogens with one attached hydrogen (secondary N) is 1. The van der Waals surface area contributed by atoms with Crippen LogP contribution in [0.3, 0.4) is 0 Å². The number of carbonyl (C=O) groups is 1. The third-order valence-electron chi connectivity index (χ3n) is 3.80. The van der Waals surface area contributed by atoms with Crippen LogP contribution in [-0.2, 0) is 17.9 Å². The van der Waals surface area contributed by atoms with Gasteiger partial charge < -0.3 is 5.32 Å². The van der Waals surface area contributed by atoms with Crippen molar-refractivity contribution in [3.8, 4) is 0 Å². The highest BCUT2D eigenvalue weighted by Gasteiger charge is 2.19. The molecule has 5 heteroatoms. The molecule has 0 aromatic heterocycles. The number of rotatable bonds is 6. The molecule has 0 aliphatic heterocycles. The Morgan fingerprint density at radius 1 is 1.13 bits per heavy atom. The van der Waals surface area contributed by atoms with Gasteiger partial charge in [-0.15, -0.1) is 0 Å². The smallest absolute Gasteiger partial charge is 0.237 e. The summed E-state index contributed by atoms with van der Waals surface area (Å²) in [4.78, 5) is 14.2. The summed E-state index contributed by atoms with van der Waals surface area (Å²) in [7, 11) is 1.89. The van der Waals surface area contributed by atoms with Crippen LogP contribution in [0.2, 0.25) is 10.0 Å². The van der Waals surface area contributed by atoms with Crippen molar-refractivity contribution in [1.29, 1.82) is 0 Å². The number of nitrogens with zero attached hydrogens (tertiary/aromatic N) is 1. The van der Waals surface area contributed by atoms with Crippen LogP contribution in [0, 0.1) is 0 Å². The molecule has 1 N–H and O–H groups in total. The van der Waals surface area contributed by atoms with E-state index in [1.807, 2.05) is 61.3 Å². The van der Waals surface area contributed by atoms with Crippen LogP contribution in [0.5, 0.6) is 0 Å². The maximum Gasteiger partial charge on any atom is 0.237 e. The van der Waals surface area contributed by atoms with Crippen LogP contribution in [0.25, 0.3) is 0 Å². The van der Waals surface area contributed by atoms with Crippen molar-refractivity contribution in [3.05, 3.63) is 69.7 Å². The molecule has 0 radical (unpaired) electrons. The van der Waals surface area contributed by atoms with Gasteiger partial charge in [-0.25, -0.2) is 0 Å². The second kappa shape index (κ2) is 8.34. The lowest BCUT2D eigenvalue weighted by atomic mass is 10.1. The Hall–Kier alpha value is -1.55. The van der Waals surface area contributed by atoms with E-state index < -0.39 is 0 Å². The molecule has 2 aromatic rings. The summed E-state index contributed by atoms with van der Waals surface area (Å²) in [5.74, 6) is -0.0190. The van der Waals surface area contributed by atoms with Gasteiger partial charge in [-0.3, -0.25) is 9.69 Å². The van der Waals surface area contributed by atoms with Gasteiger partial charge in [-0.1, -0.05) is 65.7 Å². The Bertz CT molecular complexity index is 661. The van der Waals surface area contributed by atoms with E-state index >= 15 is 0 Å². The average molecular weight is 351 g/mol. The molecule has 2 rings (SSSR count). The molecule has 0 aliphatic rings. The number of halogens is 2. The minimum absolute atomic E-state index is 0.0190. The largest absolute Gasteiger partial charge is 0.351 e. The third-order valence-corrected chi connectivity index (χ3v) is 4.66. The van der Waals surface area contributed by atoms with Gasteiger partial charge in [0.1, 0.15) is 0 Å². The Labute approximate surface area is 147 Å². The number of benzene rings is 2. The number of carbonyl (C=O) groups excluding carboxylic acids is 1. The summed E-state index contributed by atoms with van der Waals surface area (Å²) in [5, 5.41) is 4.02. The van der Waals surface area contributed by atoms with Crippen LogP contribution < -0.4 is 5.32 Å². The van der Waals surface area contributed by atoms with Gasteiger partial charge in [0, 0.05) is 13.1 Å². The third kappa shape index (κ3) is 4.96. The number of likely N-dealkylation sites (N-methyl/N-ethyl adjacent to an activating group) is 1. The number of hydrogen-bond donors (Lipinski definition) is 1. The quantitative estimate of drug-likeness (QED) is 0.849. The summed E-state index contributed by atoms with van der Waals surface area (Å²) in [6.07, 6.45) is 0. The van der Waals surface area contributed by atoms with Crippen molar-refractivity contribution in [2.75, 3.05) is 7.05 Å². The lowest BCUT2D eigenvalue weighted by molar-refractivity contribution is -0.125. The molecular formula is C18H20Cl2N2O. The van der Waals surface area contributed by atoms with Crippen molar-refractivity contribution in [1.82, 2.24) is 10.2 Å². The predicted octanol–water partition coefficient (Wildman–Crippen LogP) is 4.13. The first kappa shape index (κ1) is 17.8. The minimum atomic E-state index is -0.270. The number of hydrogen-bond acceptors (Lipinski definition) is 2. The standard InChI is InChI=1S/C18H20Cl2N2O/c1-13(18(23)21-11-14-7-4-3-5-8-14)22(2)12-15-9-6-10-16(19)17(15)20/h3-10,13H,11-12H2,1-2H3,(H,21,23). The van der Waals surface area contributed by atoms with Crippen molar-refractivity contribution in [2.45, 2.75) is 26.1 Å². The molecule has 122 valence electrons. The zero-order valence-corrected chi connectivity index (χ0v) is 14.7. The monoisotopic (exact) mass is 350 g/mol. The molecular weight excluding hydrogens is 331 g/mol. The zero-order valence-electron chi connectivity index (χ0n) is 13.2. The molecule has 0 heterocycles. The van der Waals surface area contributed by atoms with E-state index in [0.29, 0.717) is 23.1 Å². The fourth-order valence-corrected chi connectivity index (χ4v) is 2.59. The van der Waals surface area contributed by atoms with Gasteiger partial charge in [-0.2, -0.15) is 0 Å². The normalized spacial score (nSPS) is 12.2. The summed E-state index contributed by atoms with van der Waals surface area (Å²) >= 11 is 12.2. The molecule has 1 amide bonds. The zero-order chi connectivity index (χ0) is 16.8. The Balaban J connectivity index is 1.92. The van der Waals surface area contributed by atoms with Crippen molar-refractivity contribution < 1.29 is 4.79 Å². The van der Waals surface area contributed by atoms with Gasteiger partial charge in [0.25, 0.3) is 0 Å². The summed E-state index contributed by atoms with van der Waals surface area (Å²) in [6, 6.07) is 15.1. The van der Waals surface area contributed by atoms with Crippen LogP contribution in [-0.4, -0.2) is 23.9 Å². The fraction of sp³-hybridized carbons (Fsp3) is 0.278. The maximum absolute atomic E-state index is 12.3. The Morgan fingerprint density at radius 2 is 1.83 bits per heavy atom. The molecule has 0 fully saturated rings. The highest BCUT2D eigenvalue weighted by Crippen LogP contribution is 2.26. The molecule has 0 bridgehead atoms. The Kier molecular flexibility index (Phi) is 6.46. The van der Waals surface area contributed by atoms with Gasteiger partial charge in [0.15, 0.2) is 0 Å². The molecule has 3 nitrogen and oxygen atoms in total. The predicted molar refractivity (Wildman–Crippen MR) is 95.7 cm³/mol. The van der Waals surface area contributed by atoms with Gasteiger partial charge in [0.2, 0.25) is 5.91 Å². The highest BCUT2D eigenvalue weighted by molar-refractivity contribution is 6.42. The Morgan fingerprint density at radius 3 is 2.52 bits per heavy atom. The molecule has 0 spiro atoms. The maximum atomic E-state index is 12.3. The van der Waals surface area contributed by atoms with Crippen LogP contribution in [0.15, 0.2) is 48.5 Å². The summed E-state index contributed by atoms with van der Waals surface area (Å²) in [5.41, 5.74) is 1.98. The minimum Gasteiger partial charge on any atom is -0.351 e. The van der Waals surface area contributed by atoms with E-state index in [1.54, 1.807) is 6.07 Å². The van der Waals surface area contributed by atoms with Gasteiger partial charge in [0.05, 0.1) is 16.1 Å². The second-order valence-corrected chi connectivity index (χ2v) is 6.29. The van der Waals surface area contributed by atoms with E-state index in [4.69, 9.17) is 23.2 Å². The van der Waals surface area contributed by atoms with E-state index in [-0.39, 0.29) is 11.9 Å². The lowest BCUT2D eigenvalue weighted by Gasteiger charge is -2.24. The summed E-state index contributed by atoms with van der Waals surface area (Å²) < 4.78 is 0. The highest BCUT2D eigenvalue weighted by atomic mass is 35.5. The summed E-state index contributed by atoms with van der Waals surface area (Å²) in [6.45, 7) is 2.95.